The summed E-state index contributed by atoms with van der Waals surface area (Å²) in [4.78, 5) is 56.6. The summed E-state index contributed by atoms with van der Waals surface area (Å²) in [5.41, 5.74) is 7.31. The molecule has 0 aromatic carbocycles. The quantitative estimate of drug-likeness (QED) is 0.0803. The van der Waals surface area contributed by atoms with E-state index >= 15 is 0 Å². The fourth-order valence-corrected chi connectivity index (χ4v) is 8.72. The van der Waals surface area contributed by atoms with Gasteiger partial charge in [0.1, 0.15) is 30.5 Å². The maximum atomic E-state index is 13.5. The standard InChI is InChI=1S/C20H24N10O12P2S2/c21-18-25-13-8(15(32)27-18)23-4-29(13)17-10(31)11-6(1-37-17)40-44(36,46)42-12-7(2-39-43(35,45)41-11)38-3-20(12,34)30-5-24-9-14(30)26-19(22)28-16(9)33/h4-7,10-12,17,31,34H,1-3H2,(H,35,45)(H,36,46)(H3,21,25,27,32)(H3,22,26,28,33)/t6-,7?,10?,11?,12?,17-,20?,43?,44?/m1/s1. The van der Waals surface area contributed by atoms with Crippen molar-refractivity contribution in [3.63, 3.8) is 0 Å². The van der Waals surface area contributed by atoms with Crippen LogP contribution in [0, 0.1) is 0 Å². The van der Waals surface area contributed by atoms with Gasteiger partial charge in [0.25, 0.3) is 11.1 Å². The van der Waals surface area contributed by atoms with Crippen molar-refractivity contribution in [2.75, 3.05) is 31.3 Å². The lowest BCUT2D eigenvalue weighted by atomic mass is 10.0. The SMILES string of the molecule is Nc1nc2c(ncn2[C@@H]2OC[C@H]3OP(O)(=S)OC4C(COP(=O)(S)OC3C2O)OCC4(O)n2cnc3c(=O)[nH]c(N)nc32)c(=O)[nH]1. The number of anilines is 2. The molecule has 22 nitrogen and oxygen atoms in total. The predicted octanol–water partition coefficient (Wildman–Crippen LogP) is -2.21. The van der Waals surface area contributed by atoms with E-state index in [1.165, 1.54) is 10.9 Å². The number of rotatable bonds is 2. The molecule has 3 saturated heterocycles. The molecule has 7 unspecified atom stereocenters. The van der Waals surface area contributed by atoms with Crippen LogP contribution in [0.15, 0.2) is 22.2 Å². The summed E-state index contributed by atoms with van der Waals surface area (Å²) in [6.07, 6.45) is -6.82. The third-order valence-corrected chi connectivity index (χ3v) is 10.6. The van der Waals surface area contributed by atoms with Crippen LogP contribution < -0.4 is 22.6 Å². The predicted molar refractivity (Wildman–Crippen MR) is 160 cm³/mol. The smallest absolute Gasteiger partial charge is 0.386 e. The fraction of sp³-hybridized carbons (Fsp3) is 0.500. The lowest BCUT2D eigenvalue weighted by Crippen LogP contribution is -2.52. The Kier molecular flexibility index (Phi) is 7.68. The molecule has 3 aliphatic heterocycles. The van der Waals surface area contributed by atoms with Crippen molar-refractivity contribution in [1.82, 2.24) is 39.0 Å². The van der Waals surface area contributed by atoms with Crippen molar-refractivity contribution in [3.8, 4) is 0 Å². The van der Waals surface area contributed by atoms with Gasteiger partial charge in [-0.2, -0.15) is 9.97 Å². The molecule has 0 radical (unpaired) electrons. The molecule has 9 atom stereocenters. The van der Waals surface area contributed by atoms with Gasteiger partial charge in [0.15, 0.2) is 34.3 Å². The van der Waals surface area contributed by atoms with E-state index in [-0.39, 0.29) is 34.2 Å². The van der Waals surface area contributed by atoms with E-state index < -0.39 is 86.9 Å². The van der Waals surface area contributed by atoms with E-state index in [4.69, 9.17) is 50.8 Å². The zero-order valence-electron chi connectivity index (χ0n) is 22.8. The van der Waals surface area contributed by atoms with E-state index in [1.807, 2.05) is 0 Å². The molecule has 4 aromatic heterocycles. The van der Waals surface area contributed by atoms with Gasteiger partial charge >= 0.3 is 13.5 Å². The Morgan fingerprint density at radius 1 is 1.00 bits per heavy atom. The van der Waals surface area contributed by atoms with Gasteiger partial charge in [0.05, 0.1) is 32.5 Å². The maximum absolute atomic E-state index is 13.5. The minimum Gasteiger partial charge on any atom is -0.386 e. The average Bonchev–Trinajstić information content (AvgIpc) is 3.66. The highest BCUT2D eigenvalue weighted by molar-refractivity contribution is 8.44. The number of aliphatic hydroxyl groups is 2. The van der Waals surface area contributed by atoms with Gasteiger partial charge in [0.2, 0.25) is 11.9 Å². The molecule has 9 N–H and O–H groups in total. The van der Waals surface area contributed by atoms with Crippen LogP contribution in [0.3, 0.4) is 0 Å². The summed E-state index contributed by atoms with van der Waals surface area (Å²) in [5, 5.41) is 23.3. The van der Waals surface area contributed by atoms with Gasteiger partial charge in [-0.3, -0.25) is 42.3 Å². The van der Waals surface area contributed by atoms with Crippen molar-refractivity contribution in [1.29, 1.82) is 0 Å². The molecule has 26 heteroatoms. The molecule has 0 amide bonds. The monoisotopic (exact) mass is 722 g/mol. The first kappa shape index (κ1) is 31.8. The summed E-state index contributed by atoms with van der Waals surface area (Å²) < 4.78 is 49.8. The summed E-state index contributed by atoms with van der Waals surface area (Å²) in [6.45, 7) is -10.4. The third-order valence-electron chi connectivity index (χ3n) is 7.47. The highest BCUT2D eigenvalue weighted by atomic mass is 32.7. The molecule has 46 heavy (non-hydrogen) atoms. The zero-order valence-corrected chi connectivity index (χ0v) is 26.3. The number of aromatic amines is 2. The number of nitrogens with zero attached hydrogens (tertiary/aromatic N) is 6. The highest BCUT2D eigenvalue weighted by Gasteiger charge is 2.56. The second-order valence-corrected chi connectivity index (χ2v) is 16.0. The number of nitrogens with one attached hydrogen (secondary N) is 2. The number of hydrogen-bond acceptors (Lipinski definition) is 18. The van der Waals surface area contributed by atoms with Crippen molar-refractivity contribution < 1.29 is 47.2 Å². The molecule has 4 aromatic rings. The molecule has 7 heterocycles. The largest absolute Gasteiger partial charge is 0.386 e. The zero-order chi connectivity index (χ0) is 32.8. The molecular weight excluding hydrogens is 698 g/mol. The minimum absolute atomic E-state index is 0.0447. The summed E-state index contributed by atoms with van der Waals surface area (Å²) >= 11 is 9.33. The van der Waals surface area contributed by atoms with Crippen LogP contribution in [0.1, 0.15) is 6.23 Å². The fourth-order valence-electron chi connectivity index (χ4n) is 5.46. The van der Waals surface area contributed by atoms with E-state index in [0.29, 0.717) is 0 Å². The summed E-state index contributed by atoms with van der Waals surface area (Å²) in [6, 6.07) is 0. The van der Waals surface area contributed by atoms with E-state index in [9.17, 15) is 29.3 Å². The number of aliphatic hydroxyl groups excluding tert-OH is 1. The molecule has 7 rings (SSSR count). The van der Waals surface area contributed by atoms with Crippen molar-refractivity contribution >= 4 is 71.8 Å². The molecule has 3 aliphatic rings. The number of nitrogens with two attached hydrogens (primary N) is 2. The Morgan fingerprint density at radius 2 is 1.65 bits per heavy atom. The molecule has 0 spiro atoms. The number of imidazole rings is 2. The van der Waals surface area contributed by atoms with E-state index in [2.05, 4.69) is 42.2 Å². The van der Waals surface area contributed by atoms with E-state index in [0.717, 1.165) is 10.9 Å². The van der Waals surface area contributed by atoms with Crippen LogP contribution in [0.2, 0.25) is 0 Å². The lowest BCUT2D eigenvalue weighted by molar-refractivity contribution is -0.200. The molecule has 248 valence electrons. The number of aromatic nitrogens is 8. The van der Waals surface area contributed by atoms with Gasteiger partial charge < -0.3 is 40.6 Å². The molecule has 0 bridgehead atoms. The number of thiol groups is 1. The van der Waals surface area contributed by atoms with Crippen LogP contribution in [-0.4, -0.2) is 104 Å². The van der Waals surface area contributed by atoms with Gasteiger partial charge in [-0.1, -0.05) is 12.2 Å². The van der Waals surface area contributed by atoms with Crippen molar-refractivity contribution in [2.45, 2.75) is 42.5 Å². The van der Waals surface area contributed by atoms with Crippen molar-refractivity contribution in [3.05, 3.63) is 33.4 Å². The third kappa shape index (κ3) is 5.38. The number of fused-ring (bicyclic) bond motifs is 4. The Morgan fingerprint density at radius 3 is 2.37 bits per heavy atom. The topological polar surface area (TPSA) is 312 Å². The number of nitrogen functional groups attached to an aromatic ring is 2. The lowest BCUT2D eigenvalue weighted by Gasteiger charge is -2.41. The first-order chi connectivity index (χ1) is 21.7. The second-order valence-electron chi connectivity index (χ2n) is 10.4. The van der Waals surface area contributed by atoms with Gasteiger partial charge in [-0.15, -0.1) is 0 Å². The molecular formula is C20H24N10O12P2S2. The number of ether oxygens (including phenoxy) is 2. The van der Waals surface area contributed by atoms with Gasteiger partial charge in [-0.05, 0) is 11.8 Å². The minimum atomic E-state index is -4.43. The number of hydrogen-bond donors (Lipinski definition) is 8. The first-order valence-corrected chi connectivity index (χ1v) is 18.4. The van der Waals surface area contributed by atoms with Crippen LogP contribution in [-0.2, 0) is 49.7 Å². The number of H-pyrrole nitrogens is 2. The highest BCUT2D eigenvalue weighted by Crippen LogP contribution is 2.59. The molecule has 0 saturated carbocycles. The molecule has 0 aliphatic carbocycles. The van der Waals surface area contributed by atoms with Crippen LogP contribution in [0.5, 0.6) is 0 Å². The Hall–Kier alpha value is -2.83. The van der Waals surface area contributed by atoms with Crippen LogP contribution in [0.25, 0.3) is 22.3 Å². The van der Waals surface area contributed by atoms with Gasteiger partial charge in [0, 0.05) is 0 Å². The molecule has 3 fully saturated rings. The Labute approximate surface area is 264 Å². The first-order valence-electron chi connectivity index (χ1n) is 13.1. The summed E-state index contributed by atoms with van der Waals surface area (Å²) in [5.74, 6) is -0.505. The van der Waals surface area contributed by atoms with E-state index in [1.54, 1.807) is 0 Å². The maximum Gasteiger partial charge on any atom is 0.386 e. The Bertz CT molecular complexity index is 2070. The van der Waals surface area contributed by atoms with Gasteiger partial charge in [-0.25, -0.2) is 14.5 Å². The second kappa shape index (κ2) is 11.1. The average molecular weight is 723 g/mol. The Balaban J connectivity index is 1.23. The normalized spacial score (nSPS) is 37.1. The van der Waals surface area contributed by atoms with Crippen molar-refractivity contribution in [2.24, 2.45) is 0 Å². The van der Waals surface area contributed by atoms with Crippen LogP contribution in [0.4, 0.5) is 11.9 Å². The summed E-state index contributed by atoms with van der Waals surface area (Å²) in [7, 11) is 0. The van der Waals surface area contributed by atoms with Crippen LogP contribution >= 0.6 is 25.8 Å².